The quantitative estimate of drug-likeness (QED) is 0.241. The Morgan fingerprint density at radius 2 is 0.966 bits per heavy atom. The zero-order chi connectivity index (χ0) is 20.6. The molecule has 0 bridgehead atoms. The van der Waals surface area contributed by atoms with E-state index in [2.05, 4.69) is 50.0 Å². The molecule has 2 saturated carbocycles. The van der Waals surface area contributed by atoms with Crippen LogP contribution in [-0.4, -0.2) is 0 Å². The molecule has 0 aliphatic heterocycles. The molecule has 164 valence electrons. The first-order chi connectivity index (χ1) is 14.3. The molecule has 0 saturated heterocycles. The summed E-state index contributed by atoms with van der Waals surface area (Å²) in [4.78, 5) is 0. The van der Waals surface area contributed by atoms with Gasteiger partial charge in [-0.1, -0.05) is 95.6 Å². The largest absolute Gasteiger partial charge is 0.0730 e. The lowest BCUT2D eigenvalue weighted by molar-refractivity contribution is 0.289. The Hall–Kier alpha value is -0.960. The van der Waals surface area contributed by atoms with Gasteiger partial charge in [0.1, 0.15) is 0 Å². The van der Waals surface area contributed by atoms with Crippen molar-refractivity contribution in [3.8, 4) is 11.8 Å². The first kappa shape index (κ1) is 24.3. The Morgan fingerprint density at radius 3 is 1.41 bits per heavy atom. The van der Waals surface area contributed by atoms with Crippen molar-refractivity contribution in [3.63, 3.8) is 0 Å². The number of unbranched alkanes of at least 4 members (excludes halogenated alkanes) is 5. The Balaban J connectivity index is 1.54. The second-order valence-corrected chi connectivity index (χ2v) is 9.91. The molecule has 0 aromatic carbocycles. The van der Waals surface area contributed by atoms with Crippen LogP contribution in [0.25, 0.3) is 0 Å². The smallest absolute Gasteiger partial charge is 0.0153 e. The third kappa shape index (κ3) is 11.1. The summed E-state index contributed by atoms with van der Waals surface area (Å²) in [5.41, 5.74) is 0. The predicted molar refractivity (Wildman–Crippen MR) is 130 cm³/mol. The summed E-state index contributed by atoms with van der Waals surface area (Å²) < 4.78 is 0. The van der Waals surface area contributed by atoms with E-state index in [9.17, 15) is 0 Å². The summed E-state index contributed by atoms with van der Waals surface area (Å²) >= 11 is 0. The minimum absolute atomic E-state index is 0.781. The van der Waals surface area contributed by atoms with E-state index < -0.39 is 0 Å². The van der Waals surface area contributed by atoms with Gasteiger partial charge in [-0.05, 0) is 87.2 Å². The molecule has 29 heavy (non-hydrogen) atoms. The maximum absolute atomic E-state index is 3.26. The molecule has 0 aromatic rings. The fraction of sp³-hybridized carbons (Fsp3) is 0.793. The number of hydrogen-bond acceptors (Lipinski definition) is 0. The maximum atomic E-state index is 3.26. The Kier molecular flexibility index (Phi) is 13.3. The average molecular weight is 397 g/mol. The highest BCUT2D eigenvalue weighted by atomic mass is 14.2. The monoisotopic (exact) mass is 396 g/mol. The topological polar surface area (TPSA) is 0 Å². The minimum Gasteiger partial charge on any atom is -0.0730 e. The van der Waals surface area contributed by atoms with Crippen molar-refractivity contribution >= 4 is 0 Å². The average Bonchev–Trinajstić information content (AvgIpc) is 2.76. The van der Waals surface area contributed by atoms with Crippen molar-refractivity contribution in [1.29, 1.82) is 0 Å². The molecule has 2 fully saturated rings. The Bertz CT molecular complexity index is 498. The third-order valence-corrected chi connectivity index (χ3v) is 7.45. The summed E-state index contributed by atoms with van der Waals surface area (Å²) in [6.07, 6.45) is 33.1. The lowest BCUT2D eigenvalue weighted by Crippen LogP contribution is -2.13. The van der Waals surface area contributed by atoms with Gasteiger partial charge in [-0.3, -0.25) is 0 Å². The Morgan fingerprint density at radius 1 is 0.552 bits per heavy atom. The second-order valence-electron chi connectivity index (χ2n) is 9.91. The second kappa shape index (κ2) is 15.8. The van der Waals surface area contributed by atoms with E-state index in [4.69, 9.17) is 0 Å². The van der Waals surface area contributed by atoms with Crippen LogP contribution in [0.4, 0.5) is 0 Å². The molecule has 0 unspecified atom stereocenters. The molecule has 0 heteroatoms. The molecule has 0 N–H and O–H groups in total. The molecule has 0 radical (unpaired) electrons. The van der Waals surface area contributed by atoms with Crippen LogP contribution in [0.5, 0.6) is 0 Å². The molecule has 0 atom stereocenters. The fourth-order valence-corrected chi connectivity index (χ4v) is 5.35. The van der Waals surface area contributed by atoms with Crippen molar-refractivity contribution in [2.24, 2.45) is 23.7 Å². The number of rotatable bonds is 11. The van der Waals surface area contributed by atoms with E-state index in [1.165, 1.54) is 109 Å². The van der Waals surface area contributed by atoms with Crippen molar-refractivity contribution < 1.29 is 0 Å². The summed E-state index contributed by atoms with van der Waals surface area (Å²) in [6, 6.07) is 0. The van der Waals surface area contributed by atoms with Gasteiger partial charge in [0, 0.05) is 0 Å². The van der Waals surface area contributed by atoms with Crippen molar-refractivity contribution in [2.45, 2.75) is 123 Å². The molecule has 0 amide bonds. The lowest BCUT2D eigenvalue weighted by Gasteiger charge is -2.26. The molecule has 2 rings (SSSR count). The highest BCUT2D eigenvalue weighted by Gasteiger charge is 2.19. The molecular weight excluding hydrogens is 348 g/mol. The van der Waals surface area contributed by atoms with Crippen LogP contribution in [0.3, 0.4) is 0 Å². The van der Waals surface area contributed by atoms with Gasteiger partial charge in [0.25, 0.3) is 0 Å². The fourth-order valence-electron chi connectivity index (χ4n) is 5.35. The normalized spacial score (nSPS) is 27.9. The van der Waals surface area contributed by atoms with Gasteiger partial charge in [-0.15, -0.1) is 0 Å². The molecule has 0 aromatic heterocycles. The summed E-state index contributed by atoms with van der Waals surface area (Å²) in [5, 5.41) is 0. The van der Waals surface area contributed by atoms with Gasteiger partial charge in [0.2, 0.25) is 0 Å². The van der Waals surface area contributed by atoms with Gasteiger partial charge in [0.15, 0.2) is 0 Å². The van der Waals surface area contributed by atoms with Crippen LogP contribution >= 0.6 is 0 Å². The first-order valence-corrected chi connectivity index (χ1v) is 13.2. The highest BCUT2D eigenvalue weighted by Crippen LogP contribution is 2.33. The van der Waals surface area contributed by atoms with Crippen LogP contribution in [0.2, 0.25) is 0 Å². The maximum Gasteiger partial charge on any atom is -0.0153 e. The lowest BCUT2D eigenvalue weighted by atomic mass is 9.79. The van der Waals surface area contributed by atoms with Gasteiger partial charge in [-0.2, -0.15) is 0 Å². The van der Waals surface area contributed by atoms with Crippen molar-refractivity contribution in [3.05, 3.63) is 24.3 Å². The standard InChI is InChI=1S/C29H48/c1-3-5-7-11-15-27-22-24-29(25-23-27)17-13-9-8-12-16-28-20-18-26(19-21-28)14-10-6-4-2/h12-13,16-17,26-29H,3-7,10-11,14-15,18-25H2,1-2H3/b16-12+,17-13+/t26-,27-,28-,29-. The van der Waals surface area contributed by atoms with E-state index in [1.54, 1.807) is 0 Å². The zero-order valence-corrected chi connectivity index (χ0v) is 19.6. The molecule has 2 aliphatic carbocycles. The van der Waals surface area contributed by atoms with Crippen molar-refractivity contribution in [1.82, 2.24) is 0 Å². The van der Waals surface area contributed by atoms with E-state index >= 15 is 0 Å². The van der Waals surface area contributed by atoms with E-state index in [-0.39, 0.29) is 0 Å². The van der Waals surface area contributed by atoms with Crippen LogP contribution in [0, 0.1) is 35.5 Å². The molecular formula is C29H48. The van der Waals surface area contributed by atoms with Crippen LogP contribution in [0.15, 0.2) is 24.3 Å². The van der Waals surface area contributed by atoms with E-state index in [0.717, 1.165) is 23.7 Å². The molecule has 2 aliphatic rings. The minimum atomic E-state index is 0.781. The first-order valence-electron chi connectivity index (χ1n) is 13.2. The summed E-state index contributed by atoms with van der Waals surface area (Å²) in [5.74, 6) is 10.1. The van der Waals surface area contributed by atoms with Gasteiger partial charge < -0.3 is 0 Å². The number of allylic oxidation sites excluding steroid dienone is 4. The van der Waals surface area contributed by atoms with Gasteiger partial charge in [0.05, 0.1) is 0 Å². The van der Waals surface area contributed by atoms with E-state index in [0.29, 0.717) is 0 Å². The van der Waals surface area contributed by atoms with E-state index in [1.807, 2.05) is 0 Å². The van der Waals surface area contributed by atoms with Crippen LogP contribution < -0.4 is 0 Å². The van der Waals surface area contributed by atoms with Gasteiger partial charge >= 0.3 is 0 Å². The van der Waals surface area contributed by atoms with Crippen molar-refractivity contribution in [2.75, 3.05) is 0 Å². The van der Waals surface area contributed by atoms with Crippen LogP contribution in [0.1, 0.15) is 123 Å². The number of hydrogen-bond donors (Lipinski definition) is 0. The predicted octanol–water partition coefficient (Wildman–Crippen LogP) is 9.27. The summed E-state index contributed by atoms with van der Waals surface area (Å²) in [7, 11) is 0. The molecule has 0 spiro atoms. The molecule has 0 nitrogen and oxygen atoms in total. The molecule has 0 heterocycles. The highest BCUT2D eigenvalue weighted by molar-refractivity contribution is 5.24. The zero-order valence-electron chi connectivity index (χ0n) is 19.6. The van der Waals surface area contributed by atoms with Gasteiger partial charge in [-0.25, -0.2) is 0 Å². The third-order valence-electron chi connectivity index (χ3n) is 7.45. The summed E-state index contributed by atoms with van der Waals surface area (Å²) in [6.45, 7) is 4.61. The Labute approximate surface area is 183 Å². The van der Waals surface area contributed by atoms with Crippen LogP contribution in [-0.2, 0) is 0 Å². The SMILES string of the molecule is CCCCCC[C@H]1CC[C@H](/C=C/C#C/C=C/[C@H]2CC[C@H](CCCCC)CC2)CC1.